The topological polar surface area (TPSA) is 74.3 Å². The molecule has 0 bridgehead atoms. The lowest BCUT2D eigenvalue weighted by Crippen LogP contribution is -2.47. The lowest BCUT2D eigenvalue weighted by atomic mass is 10.1. The van der Waals surface area contributed by atoms with E-state index in [0.29, 0.717) is 52.4 Å². The first-order valence-corrected chi connectivity index (χ1v) is 10.4. The monoisotopic (exact) mass is 467 g/mol. The zero-order valence-electron chi connectivity index (χ0n) is 17.4. The van der Waals surface area contributed by atoms with Crippen LogP contribution in [0.2, 0.25) is 10.0 Å². The molecule has 1 amide bonds. The van der Waals surface area contributed by atoms with Gasteiger partial charge in [0.15, 0.2) is 17.3 Å². The number of benzene rings is 2. The van der Waals surface area contributed by atoms with E-state index >= 15 is 0 Å². The van der Waals surface area contributed by atoms with Crippen molar-refractivity contribution in [1.82, 2.24) is 4.90 Å². The number of methoxy groups -OCH3 is 2. The van der Waals surface area contributed by atoms with Gasteiger partial charge in [0.25, 0.3) is 5.91 Å². The van der Waals surface area contributed by atoms with E-state index in [4.69, 9.17) is 42.1 Å². The van der Waals surface area contributed by atoms with Crippen molar-refractivity contribution in [3.63, 3.8) is 0 Å². The van der Waals surface area contributed by atoms with E-state index in [2.05, 4.69) is 0 Å². The van der Waals surface area contributed by atoms with Crippen LogP contribution in [0.25, 0.3) is 0 Å². The maximum absolute atomic E-state index is 12.9. The minimum Gasteiger partial charge on any atom is -0.493 e. The summed E-state index contributed by atoms with van der Waals surface area (Å²) in [5, 5.41) is 0.767. The second-order valence-corrected chi connectivity index (χ2v) is 7.76. The van der Waals surface area contributed by atoms with Crippen molar-refractivity contribution in [2.24, 2.45) is 0 Å². The van der Waals surface area contributed by atoms with Crippen molar-refractivity contribution in [3.8, 4) is 17.2 Å². The number of Topliss-reactive ketones (excluding diaryl/α,β-unsaturated/α-hetero) is 1. The summed E-state index contributed by atoms with van der Waals surface area (Å²) in [6, 6.07) is 8.04. The van der Waals surface area contributed by atoms with Crippen molar-refractivity contribution in [1.29, 1.82) is 0 Å². The van der Waals surface area contributed by atoms with Crippen LogP contribution in [-0.2, 0) is 4.74 Å². The molecule has 1 heterocycles. The molecule has 0 radical (unpaired) electrons. The second-order valence-electron chi connectivity index (χ2n) is 6.91. The number of nitrogens with zero attached hydrogens (tertiary/aromatic N) is 1. The average molecular weight is 468 g/mol. The fraction of sp³-hybridized carbons (Fsp3) is 0.364. The van der Waals surface area contributed by atoms with Crippen LogP contribution in [-0.4, -0.2) is 63.2 Å². The number of rotatable bonds is 7. The molecule has 1 atom stereocenters. The number of amides is 1. The molecule has 1 aliphatic heterocycles. The predicted molar refractivity (Wildman–Crippen MR) is 117 cm³/mol. The highest BCUT2D eigenvalue weighted by molar-refractivity contribution is 6.35. The van der Waals surface area contributed by atoms with Crippen molar-refractivity contribution in [2.75, 3.05) is 40.5 Å². The van der Waals surface area contributed by atoms with Gasteiger partial charge in [-0.15, -0.1) is 0 Å². The van der Waals surface area contributed by atoms with Gasteiger partial charge in [0, 0.05) is 11.6 Å². The first-order valence-electron chi connectivity index (χ1n) is 9.60. The molecule has 0 aromatic heterocycles. The Labute approximate surface area is 190 Å². The Hall–Kier alpha value is -2.48. The molecule has 7 nitrogen and oxygen atoms in total. The summed E-state index contributed by atoms with van der Waals surface area (Å²) in [6.45, 7) is 2.60. The van der Waals surface area contributed by atoms with Gasteiger partial charge in [-0.05, 0) is 37.3 Å². The number of hydrogen-bond acceptors (Lipinski definition) is 6. The number of ether oxygens (including phenoxy) is 4. The molecule has 166 valence electrons. The van der Waals surface area contributed by atoms with Crippen LogP contribution in [0, 0.1) is 0 Å². The Morgan fingerprint density at radius 3 is 2.55 bits per heavy atom. The predicted octanol–water partition coefficient (Wildman–Crippen LogP) is 4.13. The van der Waals surface area contributed by atoms with Gasteiger partial charge in [0.2, 0.25) is 5.75 Å². The molecule has 3 rings (SSSR count). The summed E-state index contributed by atoms with van der Waals surface area (Å²) in [7, 11) is 2.98. The number of ketones is 1. The van der Waals surface area contributed by atoms with E-state index in [1.54, 1.807) is 35.2 Å². The molecule has 31 heavy (non-hydrogen) atoms. The lowest BCUT2D eigenvalue weighted by Gasteiger charge is -2.33. The molecule has 0 N–H and O–H groups in total. The Kier molecular flexibility index (Phi) is 7.64. The summed E-state index contributed by atoms with van der Waals surface area (Å²) in [6.07, 6.45) is -0.411. The van der Waals surface area contributed by atoms with Gasteiger partial charge in [-0.3, -0.25) is 9.59 Å². The first kappa shape index (κ1) is 23.2. The third kappa shape index (κ3) is 5.23. The van der Waals surface area contributed by atoms with E-state index in [0.717, 1.165) is 0 Å². The molecule has 0 spiro atoms. The number of halogens is 2. The largest absolute Gasteiger partial charge is 0.493 e. The number of carbonyl (C=O) groups is 2. The molecular formula is C22H23Cl2NO6. The summed E-state index contributed by atoms with van der Waals surface area (Å²) in [4.78, 5) is 26.6. The fourth-order valence-electron chi connectivity index (χ4n) is 3.33. The molecule has 1 saturated heterocycles. The van der Waals surface area contributed by atoms with E-state index in [1.165, 1.54) is 21.1 Å². The molecule has 1 unspecified atom stereocenters. The summed E-state index contributed by atoms with van der Waals surface area (Å²) < 4.78 is 22.4. The van der Waals surface area contributed by atoms with Gasteiger partial charge in [-0.25, -0.2) is 0 Å². The van der Waals surface area contributed by atoms with Gasteiger partial charge >= 0.3 is 0 Å². The highest BCUT2D eigenvalue weighted by atomic mass is 35.5. The normalized spacial score (nSPS) is 16.0. The van der Waals surface area contributed by atoms with Crippen molar-refractivity contribution in [3.05, 3.63) is 51.5 Å². The number of carbonyl (C=O) groups excluding carboxylic acids is 2. The molecule has 2 aromatic carbocycles. The molecule has 2 aromatic rings. The molecule has 0 aliphatic carbocycles. The van der Waals surface area contributed by atoms with Crippen LogP contribution in [0.15, 0.2) is 30.3 Å². The van der Waals surface area contributed by atoms with Crippen LogP contribution in [0.5, 0.6) is 17.2 Å². The standard InChI is InChI=1S/C22H23Cl2NO6/c1-13(26)16-5-7-19(28-2)21(29-3)20(16)31-12-15-11-25(8-9-30-15)22(27)17-10-14(23)4-6-18(17)24/h4-7,10,15H,8-9,11-12H2,1-3H3. The quantitative estimate of drug-likeness (QED) is 0.569. The molecule has 9 heteroatoms. The minimum atomic E-state index is -0.411. The average Bonchev–Trinajstić information content (AvgIpc) is 2.78. The van der Waals surface area contributed by atoms with Crippen LogP contribution in [0.3, 0.4) is 0 Å². The van der Waals surface area contributed by atoms with E-state index in [1.807, 2.05) is 0 Å². The summed E-state index contributed by atoms with van der Waals surface area (Å²) in [5.74, 6) is 0.639. The second kappa shape index (κ2) is 10.2. The Balaban J connectivity index is 1.75. The van der Waals surface area contributed by atoms with Gasteiger partial charge in [0.1, 0.15) is 12.7 Å². The van der Waals surface area contributed by atoms with Crippen molar-refractivity contribution >= 4 is 34.9 Å². The van der Waals surface area contributed by atoms with Gasteiger partial charge in [-0.1, -0.05) is 23.2 Å². The van der Waals surface area contributed by atoms with Crippen molar-refractivity contribution in [2.45, 2.75) is 13.0 Å². The molecule has 0 saturated carbocycles. The fourth-order valence-corrected chi connectivity index (χ4v) is 3.70. The molecule has 1 fully saturated rings. The summed E-state index contributed by atoms with van der Waals surface area (Å²) in [5.41, 5.74) is 0.705. The minimum absolute atomic E-state index is 0.108. The van der Waals surface area contributed by atoms with Gasteiger partial charge in [0.05, 0.1) is 43.5 Å². The van der Waals surface area contributed by atoms with Crippen molar-refractivity contribution < 1.29 is 28.5 Å². The van der Waals surface area contributed by atoms with Crippen LogP contribution < -0.4 is 14.2 Å². The molecule has 1 aliphatic rings. The highest BCUT2D eigenvalue weighted by Crippen LogP contribution is 2.40. The molecular weight excluding hydrogens is 445 g/mol. The van der Waals surface area contributed by atoms with E-state index < -0.39 is 6.10 Å². The summed E-state index contributed by atoms with van der Waals surface area (Å²) >= 11 is 12.2. The third-order valence-corrected chi connectivity index (χ3v) is 5.44. The van der Waals surface area contributed by atoms with Gasteiger partial charge < -0.3 is 23.8 Å². The van der Waals surface area contributed by atoms with E-state index in [9.17, 15) is 9.59 Å². The zero-order valence-corrected chi connectivity index (χ0v) is 19.0. The van der Waals surface area contributed by atoms with Crippen LogP contribution >= 0.6 is 23.2 Å². The third-order valence-electron chi connectivity index (χ3n) is 4.88. The Morgan fingerprint density at radius 1 is 1.10 bits per heavy atom. The first-order chi connectivity index (χ1) is 14.8. The van der Waals surface area contributed by atoms with Crippen LogP contribution in [0.1, 0.15) is 27.6 Å². The van der Waals surface area contributed by atoms with E-state index in [-0.39, 0.29) is 24.0 Å². The maximum atomic E-state index is 12.9. The lowest BCUT2D eigenvalue weighted by molar-refractivity contribution is -0.0404. The SMILES string of the molecule is COc1ccc(C(C)=O)c(OCC2CN(C(=O)c3cc(Cl)ccc3Cl)CCO2)c1OC. The van der Waals surface area contributed by atoms with Crippen LogP contribution in [0.4, 0.5) is 0 Å². The number of morpholine rings is 1. The maximum Gasteiger partial charge on any atom is 0.255 e. The smallest absolute Gasteiger partial charge is 0.255 e. The number of hydrogen-bond donors (Lipinski definition) is 0. The highest BCUT2D eigenvalue weighted by Gasteiger charge is 2.28. The Morgan fingerprint density at radius 2 is 1.87 bits per heavy atom. The zero-order chi connectivity index (χ0) is 22.5. The van der Waals surface area contributed by atoms with Gasteiger partial charge in [-0.2, -0.15) is 0 Å². The Bertz CT molecular complexity index is 981.